The first-order chi connectivity index (χ1) is 13.9. The molecule has 1 heterocycles. The number of aromatic nitrogens is 2. The SMILES string of the molecule is CC(C)S(=O)(=O)c1ccc(Cl)cc1Cn1cnc2ccc(OC(F)(F)F)cc2c1=O. The van der Waals surface area contributed by atoms with Crippen LogP contribution >= 0.6 is 11.6 Å². The molecule has 6 nitrogen and oxygen atoms in total. The summed E-state index contributed by atoms with van der Waals surface area (Å²) in [5.41, 5.74) is -0.213. The molecule has 0 bridgehead atoms. The van der Waals surface area contributed by atoms with Crippen LogP contribution in [0.4, 0.5) is 13.2 Å². The monoisotopic (exact) mass is 460 g/mol. The number of hydrogen-bond acceptors (Lipinski definition) is 5. The third-order valence-corrected chi connectivity index (χ3v) is 6.81. The first-order valence-electron chi connectivity index (χ1n) is 8.66. The fraction of sp³-hybridized carbons (Fsp3) is 0.263. The number of fused-ring (bicyclic) bond motifs is 1. The topological polar surface area (TPSA) is 78.3 Å². The van der Waals surface area contributed by atoms with E-state index < -0.39 is 32.8 Å². The molecular weight excluding hydrogens is 445 g/mol. The summed E-state index contributed by atoms with van der Waals surface area (Å²) < 4.78 is 67.7. The summed E-state index contributed by atoms with van der Waals surface area (Å²) in [4.78, 5) is 16.9. The molecule has 1 aromatic heterocycles. The molecule has 0 N–H and O–H groups in total. The van der Waals surface area contributed by atoms with Crippen molar-refractivity contribution in [1.82, 2.24) is 9.55 Å². The highest BCUT2D eigenvalue weighted by Crippen LogP contribution is 2.26. The lowest BCUT2D eigenvalue weighted by Gasteiger charge is -2.15. The molecule has 30 heavy (non-hydrogen) atoms. The average Bonchev–Trinajstić information content (AvgIpc) is 2.63. The maximum absolute atomic E-state index is 12.8. The van der Waals surface area contributed by atoms with Crippen molar-refractivity contribution in [2.24, 2.45) is 0 Å². The lowest BCUT2D eigenvalue weighted by Crippen LogP contribution is -2.23. The second-order valence-corrected chi connectivity index (χ2v) is 9.66. The molecule has 2 aromatic carbocycles. The smallest absolute Gasteiger partial charge is 0.406 e. The Kier molecular flexibility index (Phi) is 5.83. The van der Waals surface area contributed by atoms with Gasteiger partial charge in [0.1, 0.15) is 5.75 Å². The van der Waals surface area contributed by atoms with Crippen LogP contribution in [0, 0.1) is 0 Å². The van der Waals surface area contributed by atoms with Crippen molar-refractivity contribution in [2.45, 2.75) is 36.9 Å². The van der Waals surface area contributed by atoms with Gasteiger partial charge in [-0.1, -0.05) is 11.6 Å². The molecule has 0 saturated heterocycles. The Morgan fingerprint density at radius 3 is 2.50 bits per heavy atom. The summed E-state index contributed by atoms with van der Waals surface area (Å²) in [5, 5.41) is -0.532. The van der Waals surface area contributed by atoms with Gasteiger partial charge in [0.25, 0.3) is 5.56 Å². The Hall–Kier alpha value is -2.59. The molecule has 0 unspecified atom stereocenters. The predicted molar refractivity (Wildman–Crippen MR) is 106 cm³/mol. The number of halogens is 4. The molecule has 0 radical (unpaired) electrons. The van der Waals surface area contributed by atoms with E-state index in [0.29, 0.717) is 0 Å². The quantitative estimate of drug-likeness (QED) is 0.571. The third kappa shape index (κ3) is 4.59. The lowest BCUT2D eigenvalue weighted by atomic mass is 10.2. The number of nitrogens with zero attached hydrogens (tertiary/aromatic N) is 2. The number of ether oxygens (including phenoxy) is 1. The zero-order chi connectivity index (χ0) is 22.3. The van der Waals surface area contributed by atoms with Gasteiger partial charge in [-0.05, 0) is 55.8 Å². The van der Waals surface area contributed by atoms with E-state index in [1.54, 1.807) is 0 Å². The van der Waals surface area contributed by atoms with E-state index in [9.17, 15) is 26.4 Å². The minimum Gasteiger partial charge on any atom is -0.406 e. The zero-order valence-corrected chi connectivity index (χ0v) is 17.3. The fourth-order valence-corrected chi connectivity index (χ4v) is 4.28. The maximum atomic E-state index is 12.8. The van der Waals surface area contributed by atoms with E-state index in [-0.39, 0.29) is 32.9 Å². The van der Waals surface area contributed by atoms with Gasteiger partial charge in [-0.25, -0.2) is 13.4 Å². The number of rotatable bonds is 5. The zero-order valence-electron chi connectivity index (χ0n) is 15.8. The first-order valence-corrected chi connectivity index (χ1v) is 10.6. The molecule has 0 amide bonds. The highest BCUT2D eigenvalue weighted by atomic mass is 35.5. The molecule has 0 atom stereocenters. The van der Waals surface area contributed by atoms with Crippen LogP contribution in [0.25, 0.3) is 10.9 Å². The number of hydrogen-bond donors (Lipinski definition) is 0. The Morgan fingerprint density at radius 1 is 1.17 bits per heavy atom. The van der Waals surface area contributed by atoms with Crippen molar-refractivity contribution in [1.29, 1.82) is 0 Å². The average molecular weight is 461 g/mol. The number of alkyl halides is 3. The highest BCUT2D eigenvalue weighted by Gasteiger charge is 2.31. The van der Waals surface area contributed by atoms with Gasteiger partial charge in [0.15, 0.2) is 9.84 Å². The normalized spacial score (nSPS) is 12.5. The highest BCUT2D eigenvalue weighted by molar-refractivity contribution is 7.92. The van der Waals surface area contributed by atoms with E-state index >= 15 is 0 Å². The first kappa shape index (κ1) is 22.1. The van der Waals surface area contributed by atoms with Crippen LogP contribution in [-0.4, -0.2) is 29.6 Å². The van der Waals surface area contributed by atoms with Crippen LogP contribution in [-0.2, 0) is 16.4 Å². The van der Waals surface area contributed by atoms with E-state index in [4.69, 9.17) is 11.6 Å². The van der Waals surface area contributed by atoms with Crippen molar-refractivity contribution in [3.63, 3.8) is 0 Å². The molecule has 0 spiro atoms. The van der Waals surface area contributed by atoms with Gasteiger partial charge in [-0.15, -0.1) is 13.2 Å². The molecule has 0 aliphatic heterocycles. The van der Waals surface area contributed by atoms with Crippen LogP contribution in [0.5, 0.6) is 5.75 Å². The van der Waals surface area contributed by atoms with Crippen LogP contribution < -0.4 is 10.3 Å². The van der Waals surface area contributed by atoms with Crippen LogP contribution in [0.2, 0.25) is 5.02 Å². The van der Waals surface area contributed by atoms with Gasteiger partial charge in [0.2, 0.25) is 0 Å². The molecule has 3 rings (SSSR count). The minimum absolute atomic E-state index is 0.0167. The Balaban J connectivity index is 2.10. The van der Waals surface area contributed by atoms with Crippen molar-refractivity contribution in [3.8, 4) is 5.75 Å². The summed E-state index contributed by atoms with van der Waals surface area (Å²) >= 11 is 6.01. The predicted octanol–water partition coefficient (Wildman–Crippen LogP) is 4.18. The summed E-state index contributed by atoms with van der Waals surface area (Å²) in [6, 6.07) is 7.45. The van der Waals surface area contributed by atoms with Crippen molar-refractivity contribution in [3.05, 3.63) is 63.7 Å². The van der Waals surface area contributed by atoms with E-state index in [1.807, 2.05) is 0 Å². The van der Waals surface area contributed by atoms with E-state index in [1.165, 1.54) is 44.4 Å². The standard InChI is InChI=1S/C19H16ClF3N2O4S/c1-11(2)30(27,28)17-6-3-13(20)7-12(17)9-25-10-24-16-5-4-14(29-19(21,22)23)8-15(16)18(25)26/h3-8,10-11H,9H2,1-2H3. The van der Waals surface area contributed by atoms with Crippen molar-refractivity contribution < 1.29 is 26.3 Å². The second-order valence-electron chi connectivity index (χ2n) is 6.75. The van der Waals surface area contributed by atoms with Gasteiger partial charge in [-0.3, -0.25) is 9.36 Å². The van der Waals surface area contributed by atoms with Crippen LogP contribution in [0.15, 0.2) is 52.4 Å². The summed E-state index contributed by atoms with van der Waals surface area (Å²) in [6.07, 6.45) is -3.71. The van der Waals surface area contributed by atoms with Crippen LogP contribution in [0.1, 0.15) is 19.4 Å². The minimum atomic E-state index is -4.91. The van der Waals surface area contributed by atoms with Gasteiger partial charge < -0.3 is 4.74 Å². The molecule has 0 fully saturated rings. The summed E-state index contributed by atoms with van der Waals surface area (Å²) in [5.74, 6) is -0.558. The molecule has 0 saturated carbocycles. The lowest BCUT2D eigenvalue weighted by molar-refractivity contribution is -0.274. The number of benzene rings is 2. The molecule has 3 aromatic rings. The molecule has 0 aliphatic rings. The summed E-state index contributed by atoms with van der Waals surface area (Å²) in [7, 11) is -3.67. The molecular formula is C19H16ClF3N2O4S. The molecule has 0 aliphatic carbocycles. The Morgan fingerprint density at radius 2 is 1.87 bits per heavy atom. The van der Waals surface area contributed by atoms with E-state index in [2.05, 4.69) is 9.72 Å². The van der Waals surface area contributed by atoms with Crippen LogP contribution in [0.3, 0.4) is 0 Å². The van der Waals surface area contributed by atoms with Gasteiger partial charge in [0.05, 0.1) is 33.9 Å². The van der Waals surface area contributed by atoms with Crippen molar-refractivity contribution >= 4 is 32.3 Å². The Bertz CT molecular complexity index is 1270. The van der Waals surface area contributed by atoms with E-state index in [0.717, 1.165) is 16.7 Å². The fourth-order valence-electron chi connectivity index (χ4n) is 2.83. The number of sulfone groups is 1. The molecule has 11 heteroatoms. The Labute approximate surface area is 174 Å². The molecule has 160 valence electrons. The second kappa shape index (κ2) is 7.92. The maximum Gasteiger partial charge on any atom is 0.573 e. The van der Waals surface area contributed by atoms with Gasteiger partial charge >= 0.3 is 6.36 Å². The largest absolute Gasteiger partial charge is 0.573 e. The summed E-state index contributed by atoms with van der Waals surface area (Å²) in [6.45, 7) is 2.87. The van der Waals surface area contributed by atoms with Gasteiger partial charge in [0, 0.05) is 5.02 Å². The third-order valence-electron chi connectivity index (χ3n) is 4.32. The van der Waals surface area contributed by atoms with Gasteiger partial charge in [-0.2, -0.15) is 0 Å². The van der Waals surface area contributed by atoms with Crippen molar-refractivity contribution in [2.75, 3.05) is 0 Å².